The van der Waals surface area contributed by atoms with Crippen molar-refractivity contribution < 1.29 is 4.79 Å². The number of likely N-dealkylation sites (tertiary alicyclic amines) is 1. The van der Waals surface area contributed by atoms with Crippen molar-refractivity contribution in [2.45, 2.75) is 17.3 Å². The Bertz CT molecular complexity index is 149. The SMILES string of the molecule is CC1CCN(C)C(=O)C1I. The van der Waals surface area contributed by atoms with E-state index in [4.69, 9.17) is 0 Å². The molecule has 1 aliphatic rings. The summed E-state index contributed by atoms with van der Waals surface area (Å²) < 4.78 is 0.205. The monoisotopic (exact) mass is 253 g/mol. The van der Waals surface area contributed by atoms with Crippen molar-refractivity contribution >= 4 is 28.5 Å². The average molecular weight is 253 g/mol. The number of alkyl halides is 1. The molecule has 0 N–H and O–H groups in total. The lowest BCUT2D eigenvalue weighted by Gasteiger charge is -2.30. The predicted molar refractivity (Wildman–Crippen MR) is 49.2 cm³/mol. The maximum Gasteiger partial charge on any atom is 0.235 e. The minimum Gasteiger partial charge on any atom is -0.345 e. The Morgan fingerprint density at radius 1 is 1.70 bits per heavy atom. The molecule has 2 atom stereocenters. The van der Waals surface area contributed by atoms with Crippen LogP contribution in [0.25, 0.3) is 0 Å². The van der Waals surface area contributed by atoms with E-state index in [-0.39, 0.29) is 3.92 Å². The van der Waals surface area contributed by atoms with E-state index in [2.05, 4.69) is 29.5 Å². The van der Waals surface area contributed by atoms with Gasteiger partial charge in [0.1, 0.15) is 0 Å². The molecule has 0 aromatic rings. The molecule has 1 aliphatic heterocycles. The summed E-state index contributed by atoms with van der Waals surface area (Å²) in [4.78, 5) is 13.1. The normalized spacial score (nSPS) is 34.7. The number of hydrogen-bond donors (Lipinski definition) is 0. The Kier molecular flexibility index (Phi) is 2.55. The molecule has 10 heavy (non-hydrogen) atoms. The smallest absolute Gasteiger partial charge is 0.235 e. The van der Waals surface area contributed by atoms with E-state index in [0.29, 0.717) is 11.8 Å². The summed E-state index contributed by atoms with van der Waals surface area (Å²) in [5.74, 6) is 0.851. The number of carbonyl (C=O) groups is 1. The van der Waals surface area contributed by atoms with Gasteiger partial charge in [-0.1, -0.05) is 29.5 Å². The topological polar surface area (TPSA) is 20.3 Å². The molecule has 0 aliphatic carbocycles. The van der Waals surface area contributed by atoms with Crippen molar-refractivity contribution in [2.75, 3.05) is 13.6 Å². The van der Waals surface area contributed by atoms with Crippen LogP contribution >= 0.6 is 22.6 Å². The first-order chi connectivity index (χ1) is 4.63. The first kappa shape index (κ1) is 8.30. The first-order valence-corrected chi connectivity index (χ1v) is 4.76. The molecule has 2 nitrogen and oxygen atoms in total. The Morgan fingerprint density at radius 2 is 2.30 bits per heavy atom. The molecule has 1 fully saturated rings. The Hall–Kier alpha value is 0.200. The maximum atomic E-state index is 11.3. The van der Waals surface area contributed by atoms with Crippen LogP contribution in [0, 0.1) is 5.92 Å². The third-order valence-electron chi connectivity index (χ3n) is 2.03. The fourth-order valence-electron chi connectivity index (χ4n) is 1.11. The second-order valence-corrected chi connectivity index (χ2v) is 4.27. The van der Waals surface area contributed by atoms with Gasteiger partial charge in [-0.05, 0) is 12.3 Å². The highest BCUT2D eigenvalue weighted by Gasteiger charge is 2.29. The maximum absolute atomic E-state index is 11.3. The van der Waals surface area contributed by atoms with Gasteiger partial charge >= 0.3 is 0 Å². The molecule has 0 bridgehead atoms. The number of piperidine rings is 1. The number of halogens is 1. The Balaban J connectivity index is 2.60. The first-order valence-electron chi connectivity index (χ1n) is 3.52. The quantitative estimate of drug-likeness (QED) is 0.470. The summed E-state index contributed by atoms with van der Waals surface area (Å²) in [6, 6.07) is 0. The fraction of sp³-hybridized carbons (Fsp3) is 0.857. The average Bonchev–Trinajstić information content (AvgIpc) is 1.93. The van der Waals surface area contributed by atoms with Gasteiger partial charge in [0.05, 0.1) is 3.92 Å². The van der Waals surface area contributed by atoms with Gasteiger partial charge in [0.2, 0.25) is 5.91 Å². The number of carbonyl (C=O) groups excluding carboxylic acids is 1. The molecule has 1 heterocycles. The van der Waals surface area contributed by atoms with Gasteiger partial charge in [0.25, 0.3) is 0 Å². The van der Waals surface area contributed by atoms with Crippen LogP contribution in [0.15, 0.2) is 0 Å². The van der Waals surface area contributed by atoms with Gasteiger partial charge in [-0.25, -0.2) is 0 Å². The van der Waals surface area contributed by atoms with Crippen LogP contribution in [0.2, 0.25) is 0 Å². The summed E-state index contributed by atoms with van der Waals surface area (Å²) in [5, 5.41) is 0. The van der Waals surface area contributed by atoms with Crippen LogP contribution in [-0.4, -0.2) is 28.3 Å². The molecule has 0 aromatic heterocycles. The van der Waals surface area contributed by atoms with E-state index in [1.807, 2.05) is 11.9 Å². The van der Waals surface area contributed by atoms with E-state index >= 15 is 0 Å². The number of amides is 1. The summed E-state index contributed by atoms with van der Waals surface area (Å²) >= 11 is 2.23. The van der Waals surface area contributed by atoms with Crippen molar-refractivity contribution in [3.8, 4) is 0 Å². The summed E-state index contributed by atoms with van der Waals surface area (Å²) in [6.45, 7) is 3.07. The zero-order valence-corrected chi connectivity index (χ0v) is 8.46. The largest absolute Gasteiger partial charge is 0.345 e. The van der Waals surface area contributed by atoms with E-state index in [1.165, 1.54) is 0 Å². The number of nitrogens with zero attached hydrogens (tertiary/aromatic N) is 1. The van der Waals surface area contributed by atoms with Gasteiger partial charge in [0, 0.05) is 13.6 Å². The third-order valence-corrected chi connectivity index (χ3v) is 3.79. The van der Waals surface area contributed by atoms with E-state index in [9.17, 15) is 4.79 Å². The fourth-order valence-corrected chi connectivity index (χ4v) is 1.94. The second kappa shape index (κ2) is 3.07. The van der Waals surface area contributed by atoms with Crippen molar-refractivity contribution in [1.82, 2.24) is 4.90 Å². The molecule has 0 spiro atoms. The second-order valence-electron chi connectivity index (χ2n) is 2.93. The zero-order chi connectivity index (χ0) is 7.72. The zero-order valence-electron chi connectivity index (χ0n) is 6.30. The van der Waals surface area contributed by atoms with Crippen LogP contribution in [0.4, 0.5) is 0 Å². The lowest BCUT2D eigenvalue weighted by molar-refractivity contribution is -0.131. The highest BCUT2D eigenvalue weighted by molar-refractivity contribution is 14.1. The van der Waals surface area contributed by atoms with Gasteiger partial charge in [-0.3, -0.25) is 4.79 Å². The molecule has 58 valence electrons. The standard InChI is InChI=1S/C7H12INO/c1-5-3-4-9(2)7(10)6(5)8/h5-6H,3-4H2,1-2H3. The summed E-state index contributed by atoms with van der Waals surface area (Å²) in [5.41, 5.74) is 0. The van der Waals surface area contributed by atoms with Gasteiger partial charge in [-0.2, -0.15) is 0 Å². The highest BCUT2D eigenvalue weighted by Crippen LogP contribution is 2.23. The lowest BCUT2D eigenvalue weighted by Crippen LogP contribution is -2.42. The van der Waals surface area contributed by atoms with E-state index in [0.717, 1.165) is 13.0 Å². The molecule has 1 amide bonds. The van der Waals surface area contributed by atoms with Crippen LogP contribution < -0.4 is 0 Å². The minimum absolute atomic E-state index is 0.205. The van der Waals surface area contributed by atoms with Crippen molar-refractivity contribution in [2.24, 2.45) is 5.92 Å². The van der Waals surface area contributed by atoms with Crippen molar-refractivity contribution in [3.63, 3.8) is 0 Å². The van der Waals surface area contributed by atoms with E-state index in [1.54, 1.807) is 0 Å². The molecular formula is C7H12INO. The summed E-state index contributed by atoms with van der Waals surface area (Å²) in [6.07, 6.45) is 1.15. The Morgan fingerprint density at radius 3 is 2.80 bits per heavy atom. The predicted octanol–water partition coefficient (Wildman–Crippen LogP) is 1.29. The lowest BCUT2D eigenvalue weighted by atomic mass is 9.99. The summed E-state index contributed by atoms with van der Waals surface area (Å²) in [7, 11) is 1.87. The molecule has 0 radical (unpaired) electrons. The van der Waals surface area contributed by atoms with Crippen LogP contribution in [0.3, 0.4) is 0 Å². The van der Waals surface area contributed by atoms with Crippen LogP contribution in [-0.2, 0) is 4.79 Å². The molecule has 1 saturated heterocycles. The Labute approximate surface area is 75.1 Å². The van der Waals surface area contributed by atoms with Gasteiger partial charge in [-0.15, -0.1) is 0 Å². The molecule has 0 saturated carbocycles. The van der Waals surface area contributed by atoms with Crippen LogP contribution in [0.1, 0.15) is 13.3 Å². The molecular weight excluding hydrogens is 241 g/mol. The highest BCUT2D eigenvalue weighted by atomic mass is 127. The molecule has 2 unspecified atom stereocenters. The van der Waals surface area contributed by atoms with E-state index < -0.39 is 0 Å². The molecule has 1 rings (SSSR count). The van der Waals surface area contributed by atoms with Crippen molar-refractivity contribution in [3.05, 3.63) is 0 Å². The molecule has 3 heteroatoms. The third kappa shape index (κ3) is 1.44. The van der Waals surface area contributed by atoms with Crippen LogP contribution in [0.5, 0.6) is 0 Å². The van der Waals surface area contributed by atoms with Crippen molar-refractivity contribution in [1.29, 1.82) is 0 Å². The minimum atomic E-state index is 0.205. The molecule has 0 aromatic carbocycles. The number of rotatable bonds is 0. The van der Waals surface area contributed by atoms with Gasteiger partial charge in [0.15, 0.2) is 0 Å². The number of hydrogen-bond acceptors (Lipinski definition) is 1. The van der Waals surface area contributed by atoms with Gasteiger partial charge < -0.3 is 4.90 Å².